The van der Waals surface area contributed by atoms with E-state index < -0.39 is 0 Å². The Hall–Kier alpha value is -3.26. The molecule has 0 aliphatic rings. The Balaban J connectivity index is 2.11. The topological polar surface area (TPSA) is 33.4 Å². The highest BCUT2D eigenvalue weighted by Gasteiger charge is 2.19. The average Bonchev–Trinajstić information content (AvgIpc) is 2.99. The van der Waals surface area contributed by atoms with Crippen molar-refractivity contribution in [2.75, 3.05) is 0 Å². The summed E-state index contributed by atoms with van der Waals surface area (Å²) in [6.07, 6.45) is 0. The Labute approximate surface area is 136 Å². The predicted molar refractivity (Wildman–Crippen MR) is 99.1 cm³/mol. The number of benzene rings is 5. The van der Waals surface area contributed by atoms with E-state index in [0.717, 1.165) is 38.1 Å². The second-order valence-electron chi connectivity index (χ2n) is 6.36. The van der Waals surface area contributed by atoms with Gasteiger partial charge in [0, 0.05) is 22.2 Å². The fourth-order valence-corrected chi connectivity index (χ4v) is 4.10. The molecule has 0 aliphatic carbocycles. The second-order valence-corrected chi connectivity index (χ2v) is 6.36. The fraction of sp³-hybridized carbons (Fsp3) is 0. The summed E-state index contributed by atoms with van der Waals surface area (Å²) < 4.78 is 6.22. The molecule has 0 fully saturated rings. The quantitative estimate of drug-likeness (QED) is 0.268. The van der Waals surface area contributed by atoms with Gasteiger partial charge in [-0.15, -0.1) is 0 Å². The minimum absolute atomic E-state index is 0.235. The fourth-order valence-electron chi connectivity index (χ4n) is 4.10. The Morgan fingerprint density at radius 2 is 1.29 bits per heavy atom. The smallest absolute Gasteiger partial charge is 0.143 e. The highest BCUT2D eigenvalue weighted by molar-refractivity contribution is 6.36. The van der Waals surface area contributed by atoms with Crippen LogP contribution in [-0.2, 0) is 0 Å². The maximum absolute atomic E-state index is 10.2. The van der Waals surface area contributed by atoms with Gasteiger partial charge in [0.05, 0.1) is 0 Å². The molecule has 0 radical (unpaired) electrons. The van der Waals surface area contributed by atoms with E-state index in [1.54, 1.807) is 6.07 Å². The number of furan rings is 1. The highest BCUT2D eigenvalue weighted by Crippen LogP contribution is 2.46. The van der Waals surface area contributed by atoms with Gasteiger partial charge in [-0.2, -0.15) is 0 Å². The number of hydrogen-bond acceptors (Lipinski definition) is 2. The van der Waals surface area contributed by atoms with Crippen LogP contribution in [0.3, 0.4) is 0 Å². The van der Waals surface area contributed by atoms with Crippen LogP contribution in [0, 0.1) is 0 Å². The number of phenols is 1. The Kier molecular flexibility index (Phi) is 2.02. The molecule has 112 valence electrons. The predicted octanol–water partition coefficient (Wildman–Crippen LogP) is 6.19. The molecule has 5 aromatic carbocycles. The standard InChI is InChI=1S/C22H12O2/c23-13-10-18-16-8-4-3-7-15(16)17-9-12-5-1-2-6-14(12)22-21(17)20(18)19(11-13)24-22/h1-11,23H. The lowest BCUT2D eigenvalue weighted by Crippen LogP contribution is -1.83. The summed E-state index contributed by atoms with van der Waals surface area (Å²) in [5, 5.41) is 19.3. The van der Waals surface area contributed by atoms with Crippen molar-refractivity contribution in [1.29, 1.82) is 0 Å². The molecule has 0 saturated heterocycles. The minimum atomic E-state index is 0.235. The largest absolute Gasteiger partial charge is 0.508 e. The number of rotatable bonds is 0. The van der Waals surface area contributed by atoms with Crippen LogP contribution in [0.2, 0.25) is 0 Å². The molecule has 24 heavy (non-hydrogen) atoms. The molecule has 0 atom stereocenters. The van der Waals surface area contributed by atoms with Gasteiger partial charge in [-0.1, -0.05) is 48.5 Å². The third-order valence-corrected chi connectivity index (χ3v) is 5.06. The molecule has 6 rings (SSSR count). The summed E-state index contributed by atoms with van der Waals surface area (Å²) in [6.45, 7) is 0. The summed E-state index contributed by atoms with van der Waals surface area (Å²) in [5.74, 6) is 0.235. The normalized spacial score (nSPS) is 12.3. The lowest BCUT2D eigenvalue weighted by molar-refractivity contribution is 0.475. The van der Waals surface area contributed by atoms with Gasteiger partial charge in [-0.25, -0.2) is 0 Å². The zero-order valence-corrected chi connectivity index (χ0v) is 12.7. The van der Waals surface area contributed by atoms with Crippen molar-refractivity contribution in [3.8, 4) is 5.75 Å². The van der Waals surface area contributed by atoms with Crippen molar-refractivity contribution in [3.05, 3.63) is 66.7 Å². The number of fused-ring (bicyclic) bond motifs is 5. The molecule has 0 spiro atoms. The zero-order valence-electron chi connectivity index (χ0n) is 12.7. The summed E-state index contributed by atoms with van der Waals surface area (Å²) in [6, 6.07) is 22.5. The maximum atomic E-state index is 10.2. The molecule has 0 aliphatic heterocycles. The SMILES string of the molecule is Oc1cc2oc3c4ccccc4cc4c5ccccc5c(c1)c2c43. The van der Waals surface area contributed by atoms with Gasteiger partial charge in [0.25, 0.3) is 0 Å². The molecule has 2 heteroatoms. The van der Waals surface area contributed by atoms with Crippen molar-refractivity contribution in [2.24, 2.45) is 0 Å². The van der Waals surface area contributed by atoms with Crippen LogP contribution in [0.1, 0.15) is 0 Å². The van der Waals surface area contributed by atoms with Gasteiger partial charge in [0.2, 0.25) is 0 Å². The van der Waals surface area contributed by atoms with Gasteiger partial charge >= 0.3 is 0 Å². The first-order valence-electron chi connectivity index (χ1n) is 8.02. The second kappa shape index (κ2) is 3.98. The van der Waals surface area contributed by atoms with Crippen LogP contribution in [-0.4, -0.2) is 5.11 Å². The monoisotopic (exact) mass is 308 g/mol. The third kappa shape index (κ3) is 1.32. The summed E-state index contributed by atoms with van der Waals surface area (Å²) in [5.41, 5.74) is 1.64. The molecule has 0 amide bonds. The van der Waals surface area contributed by atoms with Crippen molar-refractivity contribution in [3.63, 3.8) is 0 Å². The van der Waals surface area contributed by atoms with Crippen LogP contribution < -0.4 is 0 Å². The Morgan fingerprint density at radius 3 is 2.08 bits per heavy atom. The van der Waals surface area contributed by atoms with E-state index >= 15 is 0 Å². The molecule has 0 bridgehead atoms. The lowest BCUT2D eigenvalue weighted by Gasteiger charge is -2.09. The van der Waals surface area contributed by atoms with Crippen molar-refractivity contribution < 1.29 is 9.52 Å². The summed E-state index contributed by atoms with van der Waals surface area (Å²) in [4.78, 5) is 0. The number of aromatic hydroxyl groups is 1. The van der Waals surface area contributed by atoms with Crippen LogP contribution >= 0.6 is 0 Å². The summed E-state index contributed by atoms with van der Waals surface area (Å²) in [7, 11) is 0. The first kappa shape index (κ1) is 12.2. The summed E-state index contributed by atoms with van der Waals surface area (Å²) >= 11 is 0. The zero-order chi connectivity index (χ0) is 15.8. The molecular weight excluding hydrogens is 296 g/mol. The van der Waals surface area contributed by atoms with Gasteiger partial charge in [0.15, 0.2) is 0 Å². The molecule has 0 saturated carbocycles. The maximum Gasteiger partial charge on any atom is 0.143 e. The van der Waals surface area contributed by atoms with Crippen LogP contribution in [0.25, 0.3) is 54.3 Å². The lowest BCUT2D eigenvalue weighted by atomic mass is 9.92. The third-order valence-electron chi connectivity index (χ3n) is 5.06. The van der Waals surface area contributed by atoms with Crippen LogP contribution in [0.4, 0.5) is 0 Å². The van der Waals surface area contributed by atoms with Gasteiger partial charge < -0.3 is 9.52 Å². The van der Waals surface area contributed by atoms with Crippen LogP contribution in [0.15, 0.2) is 71.1 Å². The molecule has 1 aromatic heterocycles. The van der Waals surface area contributed by atoms with Crippen molar-refractivity contribution >= 4 is 54.3 Å². The number of phenolic OH excluding ortho intramolecular Hbond substituents is 1. The van der Waals surface area contributed by atoms with Gasteiger partial charge in [-0.05, 0) is 39.1 Å². The van der Waals surface area contributed by atoms with Crippen LogP contribution in [0.5, 0.6) is 5.75 Å². The first-order valence-corrected chi connectivity index (χ1v) is 8.02. The van der Waals surface area contributed by atoms with Crippen molar-refractivity contribution in [1.82, 2.24) is 0 Å². The minimum Gasteiger partial charge on any atom is -0.508 e. The Morgan fingerprint density at radius 1 is 0.625 bits per heavy atom. The van der Waals surface area contributed by atoms with E-state index in [-0.39, 0.29) is 5.75 Å². The molecule has 6 aromatic rings. The first-order chi connectivity index (χ1) is 11.8. The van der Waals surface area contributed by atoms with E-state index in [2.05, 4.69) is 42.5 Å². The van der Waals surface area contributed by atoms with E-state index in [1.807, 2.05) is 18.2 Å². The highest BCUT2D eigenvalue weighted by atomic mass is 16.3. The van der Waals surface area contributed by atoms with Gasteiger partial charge in [-0.3, -0.25) is 0 Å². The van der Waals surface area contributed by atoms with E-state index in [1.165, 1.54) is 16.2 Å². The number of hydrogen-bond donors (Lipinski definition) is 1. The Bertz CT molecular complexity index is 1410. The van der Waals surface area contributed by atoms with E-state index in [4.69, 9.17) is 4.42 Å². The average molecular weight is 308 g/mol. The van der Waals surface area contributed by atoms with Crippen molar-refractivity contribution in [2.45, 2.75) is 0 Å². The molecule has 1 N–H and O–H groups in total. The molecule has 0 unspecified atom stereocenters. The molecular formula is C22H12O2. The van der Waals surface area contributed by atoms with Gasteiger partial charge in [0.1, 0.15) is 16.9 Å². The molecule has 1 heterocycles. The van der Waals surface area contributed by atoms with E-state index in [9.17, 15) is 5.11 Å². The van der Waals surface area contributed by atoms with E-state index in [0.29, 0.717) is 0 Å². The molecule has 2 nitrogen and oxygen atoms in total.